The first kappa shape index (κ1) is 12.6. The quantitative estimate of drug-likeness (QED) is 0.506. The molecule has 2 atom stereocenters. The van der Waals surface area contributed by atoms with Gasteiger partial charge in [0.1, 0.15) is 0 Å². The monoisotopic (exact) mass is 246 g/mol. The molecule has 1 N–H and O–H groups in total. The third kappa shape index (κ3) is 2.37. The predicted molar refractivity (Wildman–Crippen MR) is 69.6 cm³/mol. The summed E-state index contributed by atoms with van der Waals surface area (Å²) in [6.07, 6.45) is 0.438. The van der Waals surface area contributed by atoms with Crippen molar-refractivity contribution in [3.05, 3.63) is 35.9 Å². The number of likely N-dealkylation sites (tertiary alicyclic amines) is 1. The Morgan fingerprint density at radius 1 is 1.44 bits per heavy atom. The van der Waals surface area contributed by atoms with Crippen molar-refractivity contribution in [3.63, 3.8) is 0 Å². The van der Waals surface area contributed by atoms with Crippen LogP contribution in [0.2, 0.25) is 0 Å². The summed E-state index contributed by atoms with van der Waals surface area (Å²) >= 11 is 0. The molecule has 18 heavy (non-hydrogen) atoms. The van der Waals surface area contributed by atoms with E-state index in [1.165, 1.54) is 0 Å². The van der Waals surface area contributed by atoms with Gasteiger partial charge in [0.2, 0.25) is 5.91 Å². The molecule has 0 aromatic heterocycles. The highest BCUT2D eigenvalue weighted by Crippen LogP contribution is 2.28. The SMILES string of the molecule is C/C(=N\O)[C@@H]1CC(=O)N([C@@H](C)c2ccccc2)C1. The number of amides is 1. The van der Waals surface area contributed by atoms with Crippen LogP contribution in [0.1, 0.15) is 31.9 Å². The maximum atomic E-state index is 12.0. The molecule has 1 aromatic rings. The average molecular weight is 246 g/mol. The average Bonchev–Trinajstić information content (AvgIpc) is 2.80. The molecule has 1 saturated heterocycles. The lowest BCUT2D eigenvalue weighted by Gasteiger charge is -2.25. The van der Waals surface area contributed by atoms with Gasteiger partial charge in [0.05, 0.1) is 11.8 Å². The van der Waals surface area contributed by atoms with E-state index in [4.69, 9.17) is 5.21 Å². The highest BCUT2D eigenvalue weighted by atomic mass is 16.4. The Kier molecular flexibility index (Phi) is 3.65. The van der Waals surface area contributed by atoms with E-state index < -0.39 is 0 Å². The van der Waals surface area contributed by atoms with Crippen molar-refractivity contribution in [3.8, 4) is 0 Å². The van der Waals surface area contributed by atoms with E-state index in [0.717, 1.165) is 5.56 Å². The molecule has 1 amide bonds. The highest BCUT2D eigenvalue weighted by Gasteiger charge is 2.34. The van der Waals surface area contributed by atoms with Crippen molar-refractivity contribution in [2.75, 3.05) is 6.54 Å². The minimum atomic E-state index is 0.0358. The van der Waals surface area contributed by atoms with Gasteiger partial charge in [-0.15, -0.1) is 0 Å². The Bertz CT molecular complexity index is 456. The normalized spacial score (nSPS) is 22.3. The van der Waals surface area contributed by atoms with E-state index >= 15 is 0 Å². The van der Waals surface area contributed by atoms with Crippen LogP contribution in [0.15, 0.2) is 35.5 Å². The van der Waals surface area contributed by atoms with Crippen LogP contribution in [0.25, 0.3) is 0 Å². The van der Waals surface area contributed by atoms with Gasteiger partial charge in [0.25, 0.3) is 0 Å². The Hall–Kier alpha value is -1.84. The first-order chi connectivity index (χ1) is 8.63. The molecule has 4 heteroatoms. The number of hydrogen-bond acceptors (Lipinski definition) is 3. The maximum Gasteiger partial charge on any atom is 0.223 e. The molecule has 1 aliphatic rings. The van der Waals surface area contributed by atoms with Gasteiger partial charge >= 0.3 is 0 Å². The van der Waals surface area contributed by atoms with Crippen molar-refractivity contribution in [1.82, 2.24) is 4.90 Å². The zero-order valence-electron chi connectivity index (χ0n) is 10.7. The third-order valence-corrected chi connectivity index (χ3v) is 3.66. The van der Waals surface area contributed by atoms with E-state index in [0.29, 0.717) is 18.7 Å². The van der Waals surface area contributed by atoms with Gasteiger partial charge in [-0.1, -0.05) is 35.5 Å². The third-order valence-electron chi connectivity index (χ3n) is 3.66. The topological polar surface area (TPSA) is 52.9 Å². The van der Waals surface area contributed by atoms with Crippen molar-refractivity contribution < 1.29 is 10.0 Å². The summed E-state index contributed by atoms with van der Waals surface area (Å²) in [4.78, 5) is 13.9. The van der Waals surface area contributed by atoms with Gasteiger partial charge in [-0.2, -0.15) is 0 Å². The number of hydrogen-bond donors (Lipinski definition) is 1. The summed E-state index contributed by atoms with van der Waals surface area (Å²) in [5, 5.41) is 12.0. The van der Waals surface area contributed by atoms with Gasteiger partial charge in [-0.3, -0.25) is 4.79 Å². The largest absolute Gasteiger partial charge is 0.411 e. The molecule has 1 aliphatic heterocycles. The summed E-state index contributed by atoms with van der Waals surface area (Å²) in [5.74, 6) is 0.160. The Morgan fingerprint density at radius 2 is 2.11 bits per heavy atom. The number of carbonyl (C=O) groups excluding carboxylic acids is 1. The minimum Gasteiger partial charge on any atom is -0.411 e. The number of nitrogens with zero attached hydrogens (tertiary/aromatic N) is 2. The molecular weight excluding hydrogens is 228 g/mol. The Morgan fingerprint density at radius 3 is 2.72 bits per heavy atom. The van der Waals surface area contributed by atoms with E-state index in [1.54, 1.807) is 6.92 Å². The first-order valence-corrected chi connectivity index (χ1v) is 6.16. The number of benzene rings is 1. The van der Waals surface area contributed by atoms with Gasteiger partial charge in [0.15, 0.2) is 0 Å². The molecule has 0 radical (unpaired) electrons. The lowest BCUT2D eigenvalue weighted by Crippen LogP contribution is -2.29. The molecule has 96 valence electrons. The molecule has 1 fully saturated rings. The first-order valence-electron chi connectivity index (χ1n) is 6.16. The van der Waals surface area contributed by atoms with Crippen LogP contribution >= 0.6 is 0 Å². The van der Waals surface area contributed by atoms with Crippen LogP contribution in [0.3, 0.4) is 0 Å². The second-order valence-electron chi connectivity index (χ2n) is 4.78. The maximum absolute atomic E-state index is 12.0. The van der Waals surface area contributed by atoms with Crippen LogP contribution in [0, 0.1) is 5.92 Å². The summed E-state index contributed by atoms with van der Waals surface area (Å²) in [7, 11) is 0. The van der Waals surface area contributed by atoms with Crippen molar-refractivity contribution >= 4 is 11.6 Å². The van der Waals surface area contributed by atoms with Gasteiger partial charge < -0.3 is 10.1 Å². The molecule has 1 heterocycles. The van der Waals surface area contributed by atoms with Crippen molar-refractivity contribution in [1.29, 1.82) is 0 Å². The van der Waals surface area contributed by atoms with Gasteiger partial charge in [-0.05, 0) is 19.4 Å². The van der Waals surface area contributed by atoms with Crippen LogP contribution < -0.4 is 0 Å². The van der Waals surface area contributed by atoms with Crippen LogP contribution in [0.4, 0.5) is 0 Å². The number of rotatable bonds is 3. The fraction of sp³-hybridized carbons (Fsp3) is 0.429. The zero-order valence-corrected chi connectivity index (χ0v) is 10.7. The molecule has 0 unspecified atom stereocenters. The van der Waals surface area contributed by atoms with Gasteiger partial charge in [-0.25, -0.2) is 0 Å². The summed E-state index contributed by atoms with van der Waals surface area (Å²) in [6, 6.07) is 10.0. The standard InChI is InChI=1S/C14H18N2O2/c1-10(15-18)13-8-14(17)16(9-13)11(2)12-6-4-3-5-7-12/h3-7,11,13,18H,8-9H2,1-2H3/b15-10+/t11-,13+/m0/s1. The predicted octanol–water partition coefficient (Wildman–Crippen LogP) is 2.45. The zero-order chi connectivity index (χ0) is 13.1. The van der Waals surface area contributed by atoms with E-state index in [2.05, 4.69) is 5.16 Å². The molecule has 4 nitrogen and oxygen atoms in total. The summed E-state index contributed by atoms with van der Waals surface area (Å²) in [5.41, 5.74) is 1.76. The smallest absolute Gasteiger partial charge is 0.223 e. The lowest BCUT2D eigenvalue weighted by molar-refractivity contribution is -0.129. The van der Waals surface area contributed by atoms with Crippen LogP contribution in [-0.2, 0) is 4.79 Å². The molecule has 1 aromatic carbocycles. The summed E-state index contributed by atoms with van der Waals surface area (Å²) in [6.45, 7) is 4.42. The minimum absolute atomic E-state index is 0.0358. The molecular formula is C14H18N2O2. The van der Waals surface area contributed by atoms with Crippen LogP contribution in [-0.4, -0.2) is 28.3 Å². The van der Waals surface area contributed by atoms with Gasteiger partial charge in [0, 0.05) is 18.9 Å². The molecule has 0 bridgehead atoms. The fourth-order valence-electron chi connectivity index (χ4n) is 2.38. The van der Waals surface area contributed by atoms with E-state index in [9.17, 15) is 4.79 Å². The second-order valence-corrected chi connectivity index (χ2v) is 4.78. The second kappa shape index (κ2) is 5.21. The van der Waals surface area contributed by atoms with Crippen LogP contribution in [0.5, 0.6) is 0 Å². The van der Waals surface area contributed by atoms with Crippen molar-refractivity contribution in [2.45, 2.75) is 26.3 Å². The molecule has 0 saturated carbocycles. The van der Waals surface area contributed by atoms with E-state index in [-0.39, 0.29) is 17.9 Å². The Labute approximate surface area is 107 Å². The van der Waals surface area contributed by atoms with Crippen molar-refractivity contribution in [2.24, 2.45) is 11.1 Å². The van der Waals surface area contributed by atoms with E-state index in [1.807, 2.05) is 42.2 Å². The molecule has 0 aliphatic carbocycles. The molecule has 0 spiro atoms. The highest BCUT2D eigenvalue weighted by molar-refractivity contribution is 5.92. The fourth-order valence-corrected chi connectivity index (χ4v) is 2.38. The molecule has 2 rings (SSSR count). The summed E-state index contributed by atoms with van der Waals surface area (Å²) < 4.78 is 0. The Balaban J connectivity index is 2.13. The number of carbonyl (C=O) groups is 1. The number of oxime groups is 1. The lowest BCUT2D eigenvalue weighted by atomic mass is 10.0.